The lowest BCUT2D eigenvalue weighted by atomic mass is 9.85. The van der Waals surface area contributed by atoms with Gasteiger partial charge in [0.15, 0.2) is 0 Å². The molecule has 12 heavy (non-hydrogen) atoms. The maximum atomic E-state index is 10.9. The van der Waals surface area contributed by atoms with Gasteiger partial charge >= 0.3 is 6.09 Å². The van der Waals surface area contributed by atoms with Crippen molar-refractivity contribution in [1.29, 1.82) is 0 Å². The van der Waals surface area contributed by atoms with Crippen LogP contribution in [0.15, 0.2) is 0 Å². The zero-order valence-electron chi connectivity index (χ0n) is 8.60. The number of nitrogens with one attached hydrogen (secondary N) is 1. The number of amides is 1. The average molecular weight is 173 g/mol. The zero-order chi connectivity index (χ0) is 9.78. The second-order valence-corrected chi connectivity index (χ2v) is 3.96. The first-order chi connectivity index (χ1) is 5.41. The molecule has 72 valence electrons. The number of carbonyl (C=O) groups excluding carboxylic acids is 1. The van der Waals surface area contributed by atoms with Crippen molar-refractivity contribution in [1.82, 2.24) is 5.32 Å². The van der Waals surface area contributed by atoms with Gasteiger partial charge in [0.25, 0.3) is 0 Å². The van der Waals surface area contributed by atoms with Crippen LogP contribution in [-0.2, 0) is 4.74 Å². The summed E-state index contributed by atoms with van der Waals surface area (Å²) in [6, 6.07) is 0.171. The number of methoxy groups -OCH3 is 1. The second-order valence-electron chi connectivity index (χ2n) is 3.96. The number of rotatable bonds is 2. The lowest BCUT2D eigenvalue weighted by molar-refractivity contribution is 0.153. The highest BCUT2D eigenvalue weighted by Gasteiger charge is 2.24. The third-order valence-corrected chi connectivity index (χ3v) is 1.93. The molecular formula is C9H19NO2. The average Bonchev–Trinajstić information content (AvgIpc) is 1.97. The van der Waals surface area contributed by atoms with Gasteiger partial charge in [-0.25, -0.2) is 4.79 Å². The van der Waals surface area contributed by atoms with Crippen LogP contribution in [0.4, 0.5) is 4.79 Å². The van der Waals surface area contributed by atoms with Gasteiger partial charge in [0.05, 0.1) is 7.11 Å². The topological polar surface area (TPSA) is 38.3 Å². The zero-order valence-corrected chi connectivity index (χ0v) is 8.60. The van der Waals surface area contributed by atoms with Gasteiger partial charge in [0.1, 0.15) is 0 Å². The molecule has 1 amide bonds. The number of ether oxygens (including phenoxy) is 1. The molecule has 3 heteroatoms. The molecule has 1 N–H and O–H groups in total. The molecule has 0 rings (SSSR count). The molecule has 0 saturated carbocycles. The Morgan fingerprint density at radius 3 is 2.25 bits per heavy atom. The van der Waals surface area contributed by atoms with Gasteiger partial charge in [-0.05, 0) is 11.8 Å². The van der Waals surface area contributed by atoms with Gasteiger partial charge in [-0.15, -0.1) is 0 Å². The predicted molar refractivity (Wildman–Crippen MR) is 49.1 cm³/mol. The Labute approximate surface area is 74.5 Å². The molecule has 1 atom stereocenters. The van der Waals surface area contributed by atoms with Crippen LogP contribution in [0, 0.1) is 5.41 Å². The summed E-state index contributed by atoms with van der Waals surface area (Å²) < 4.78 is 4.53. The number of hydrogen-bond acceptors (Lipinski definition) is 2. The van der Waals surface area contributed by atoms with Gasteiger partial charge < -0.3 is 10.1 Å². The van der Waals surface area contributed by atoms with Crippen LogP contribution in [0.25, 0.3) is 0 Å². The van der Waals surface area contributed by atoms with E-state index < -0.39 is 0 Å². The Bertz CT molecular complexity index is 149. The standard InChI is InChI=1S/C9H19NO2/c1-6-7(9(2,3)4)10-8(11)12-5/h7H,6H2,1-5H3,(H,10,11). The molecule has 1 unspecified atom stereocenters. The first-order valence-corrected chi connectivity index (χ1v) is 4.26. The van der Waals surface area contributed by atoms with E-state index >= 15 is 0 Å². The van der Waals surface area contributed by atoms with Crippen LogP contribution in [-0.4, -0.2) is 19.2 Å². The van der Waals surface area contributed by atoms with E-state index in [-0.39, 0.29) is 17.6 Å². The number of carbonyl (C=O) groups is 1. The largest absolute Gasteiger partial charge is 0.453 e. The van der Waals surface area contributed by atoms with Gasteiger partial charge in [0, 0.05) is 6.04 Å². The lowest BCUT2D eigenvalue weighted by Gasteiger charge is -2.29. The van der Waals surface area contributed by atoms with E-state index in [0.29, 0.717) is 0 Å². The van der Waals surface area contributed by atoms with Gasteiger partial charge in [-0.3, -0.25) is 0 Å². The van der Waals surface area contributed by atoms with Crippen LogP contribution >= 0.6 is 0 Å². The van der Waals surface area contributed by atoms with E-state index in [2.05, 4.69) is 30.8 Å². The molecule has 0 aliphatic carbocycles. The van der Waals surface area contributed by atoms with Crippen LogP contribution in [0.5, 0.6) is 0 Å². The summed E-state index contributed by atoms with van der Waals surface area (Å²) in [6.07, 6.45) is 0.565. The number of alkyl carbamates (subject to hydrolysis) is 1. The molecule has 0 spiro atoms. The highest BCUT2D eigenvalue weighted by Crippen LogP contribution is 2.21. The van der Waals surface area contributed by atoms with Crippen molar-refractivity contribution in [3.05, 3.63) is 0 Å². The SMILES string of the molecule is CCC(NC(=O)OC)C(C)(C)C. The highest BCUT2D eigenvalue weighted by atomic mass is 16.5. The summed E-state index contributed by atoms with van der Waals surface area (Å²) in [4.78, 5) is 10.9. The lowest BCUT2D eigenvalue weighted by Crippen LogP contribution is -2.43. The summed E-state index contributed by atoms with van der Waals surface area (Å²) in [5.41, 5.74) is 0.0862. The van der Waals surface area contributed by atoms with Crippen molar-refractivity contribution < 1.29 is 9.53 Å². The van der Waals surface area contributed by atoms with Crippen molar-refractivity contribution >= 4 is 6.09 Å². The Morgan fingerprint density at radius 1 is 1.50 bits per heavy atom. The first kappa shape index (κ1) is 11.3. The molecule has 0 aromatic rings. The summed E-state index contributed by atoms with van der Waals surface area (Å²) >= 11 is 0. The van der Waals surface area contributed by atoms with Crippen molar-refractivity contribution in [2.75, 3.05) is 7.11 Å². The highest BCUT2D eigenvalue weighted by molar-refractivity contribution is 5.67. The summed E-state index contributed by atoms with van der Waals surface area (Å²) in [6.45, 7) is 8.33. The van der Waals surface area contributed by atoms with E-state index in [4.69, 9.17) is 0 Å². The third-order valence-electron chi connectivity index (χ3n) is 1.93. The molecular weight excluding hydrogens is 154 g/mol. The fraction of sp³-hybridized carbons (Fsp3) is 0.889. The molecule has 3 nitrogen and oxygen atoms in total. The first-order valence-electron chi connectivity index (χ1n) is 4.26. The molecule has 0 aromatic heterocycles. The van der Waals surface area contributed by atoms with Crippen molar-refractivity contribution in [3.63, 3.8) is 0 Å². The Kier molecular flexibility index (Phi) is 4.07. The summed E-state index contributed by atoms with van der Waals surface area (Å²) in [5.74, 6) is 0. The molecule has 0 aromatic carbocycles. The molecule has 0 heterocycles. The smallest absolute Gasteiger partial charge is 0.407 e. The van der Waals surface area contributed by atoms with Gasteiger partial charge in [-0.2, -0.15) is 0 Å². The molecule has 0 aliphatic rings. The Hall–Kier alpha value is -0.730. The van der Waals surface area contributed by atoms with Crippen LogP contribution in [0.3, 0.4) is 0 Å². The molecule has 0 aliphatic heterocycles. The van der Waals surface area contributed by atoms with Crippen molar-refractivity contribution in [3.8, 4) is 0 Å². The fourth-order valence-electron chi connectivity index (χ4n) is 1.13. The quantitative estimate of drug-likeness (QED) is 0.695. The van der Waals surface area contributed by atoms with E-state index in [1.54, 1.807) is 0 Å². The fourth-order valence-corrected chi connectivity index (χ4v) is 1.13. The monoisotopic (exact) mass is 173 g/mol. The Balaban J connectivity index is 4.09. The van der Waals surface area contributed by atoms with E-state index in [0.717, 1.165) is 6.42 Å². The van der Waals surface area contributed by atoms with Crippen LogP contribution in [0.1, 0.15) is 34.1 Å². The maximum absolute atomic E-state index is 10.9. The minimum absolute atomic E-state index is 0.0862. The minimum Gasteiger partial charge on any atom is -0.453 e. The van der Waals surface area contributed by atoms with Crippen molar-refractivity contribution in [2.45, 2.75) is 40.2 Å². The molecule has 0 bridgehead atoms. The number of hydrogen-bond donors (Lipinski definition) is 1. The summed E-state index contributed by atoms with van der Waals surface area (Å²) in [7, 11) is 1.38. The van der Waals surface area contributed by atoms with E-state index in [9.17, 15) is 4.79 Å². The Morgan fingerprint density at radius 2 is 2.00 bits per heavy atom. The van der Waals surface area contributed by atoms with Gasteiger partial charge in [0.2, 0.25) is 0 Å². The second kappa shape index (κ2) is 4.33. The minimum atomic E-state index is -0.350. The molecule has 0 radical (unpaired) electrons. The van der Waals surface area contributed by atoms with Crippen LogP contribution < -0.4 is 5.32 Å². The van der Waals surface area contributed by atoms with Crippen molar-refractivity contribution in [2.24, 2.45) is 5.41 Å². The normalized spacial score (nSPS) is 13.8. The molecule has 0 fully saturated rings. The maximum Gasteiger partial charge on any atom is 0.407 e. The van der Waals surface area contributed by atoms with Crippen LogP contribution in [0.2, 0.25) is 0 Å². The molecule has 0 saturated heterocycles. The van der Waals surface area contributed by atoms with E-state index in [1.165, 1.54) is 7.11 Å². The third kappa shape index (κ3) is 3.60. The predicted octanol–water partition coefficient (Wildman–Crippen LogP) is 2.17. The van der Waals surface area contributed by atoms with E-state index in [1.807, 2.05) is 6.92 Å². The summed E-state index contributed by atoms with van der Waals surface area (Å²) in [5, 5.41) is 2.80. The van der Waals surface area contributed by atoms with Gasteiger partial charge in [-0.1, -0.05) is 27.7 Å².